The van der Waals surface area contributed by atoms with Gasteiger partial charge in [0.05, 0.1) is 12.7 Å². The fourth-order valence-corrected chi connectivity index (χ4v) is 1.83. The van der Waals surface area contributed by atoms with E-state index < -0.39 is 5.91 Å². The van der Waals surface area contributed by atoms with Crippen molar-refractivity contribution < 1.29 is 14.3 Å². The maximum atomic E-state index is 12.3. The first-order valence-corrected chi connectivity index (χ1v) is 7.24. The summed E-state index contributed by atoms with van der Waals surface area (Å²) in [6.45, 7) is 5.33. The lowest BCUT2D eigenvalue weighted by Gasteiger charge is -2.11. The number of nitrogen functional groups attached to an aromatic ring is 1. The van der Waals surface area contributed by atoms with Crippen molar-refractivity contribution in [1.82, 2.24) is 4.98 Å². The van der Waals surface area contributed by atoms with E-state index in [1.54, 1.807) is 24.3 Å². The zero-order valence-electron chi connectivity index (χ0n) is 13.7. The standard InChI is InChI=1S/C15H15N3O3.C2H6/c1-9(19)13-11(8-12(21-2)14(16)18-13)15(20)17-10-6-4-3-5-7-10;1-2/h3-8H,1-2H3,(H2,16,18)(H,17,20);1-2H3. The summed E-state index contributed by atoms with van der Waals surface area (Å²) in [6, 6.07) is 10.3. The summed E-state index contributed by atoms with van der Waals surface area (Å²) < 4.78 is 5.04. The Bertz CT molecular complexity index is 685. The van der Waals surface area contributed by atoms with Crippen molar-refractivity contribution in [3.05, 3.63) is 47.7 Å². The number of pyridine rings is 1. The van der Waals surface area contributed by atoms with Gasteiger partial charge in [0, 0.05) is 12.6 Å². The van der Waals surface area contributed by atoms with Crippen LogP contribution >= 0.6 is 0 Å². The molecule has 0 fully saturated rings. The third-order valence-corrected chi connectivity index (χ3v) is 2.84. The average molecular weight is 315 g/mol. The highest BCUT2D eigenvalue weighted by Gasteiger charge is 2.19. The van der Waals surface area contributed by atoms with Gasteiger partial charge in [-0.2, -0.15) is 0 Å². The Labute approximate surface area is 135 Å². The van der Waals surface area contributed by atoms with Crippen molar-refractivity contribution in [2.24, 2.45) is 0 Å². The van der Waals surface area contributed by atoms with Crippen LogP contribution in [0.1, 0.15) is 41.6 Å². The van der Waals surface area contributed by atoms with E-state index in [2.05, 4.69) is 10.3 Å². The van der Waals surface area contributed by atoms with Crippen molar-refractivity contribution >= 4 is 23.2 Å². The summed E-state index contributed by atoms with van der Waals surface area (Å²) >= 11 is 0. The van der Waals surface area contributed by atoms with Crippen LogP contribution in [-0.4, -0.2) is 23.8 Å². The Hall–Kier alpha value is -2.89. The minimum Gasteiger partial charge on any atom is -0.493 e. The van der Waals surface area contributed by atoms with Gasteiger partial charge in [-0.1, -0.05) is 32.0 Å². The van der Waals surface area contributed by atoms with Gasteiger partial charge in [-0.05, 0) is 18.2 Å². The number of para-hydroxylation sites is 1. The predicted octanol–water partition coefficient (Wildman–Crippen LogP) is 3.15. The summed E-state index contributed by atoms with van der Waals surface area (Å²) in [5, 5.41) is 2.70. The molecule has 1 aromatic heterocycles. The minimum absolute atomic E-state index is 0.0155. The van der Waals surface area contributed by atoms with E-state index in [1.165, 1.54) is 20.1 Å². The van der Waals surface area contributed by atoms with Crippen LogP contribution < -0.4 is 15.8 Å². The lowest BCUT2D eigenvalue weighted by molar-refractivity contribution is 0.0981. The van der Waals surface area contributed by atoms with E-state index in [0.717, 1.165) is 0 Å². The normalized spacial score (nSPS) is 9.39. The van der Waals surface area contributed by atoms with E-state index in [9.17, 15) is 9.59 Å². The molecule has 1 heterocycles. The molecular formula is C17H21N3O3. The first-order valence-electron chi connectivity index (χ1n) is 7.24. The second-order valence-electron chi connectivity index (χ2n) is 4.35. The van der Waals surface area contributed by atoms with Gasteiger partial charge in [0.1, 0.15) is 5.69 Å². The number of methoxy groups -OCH3 is 1. The summed E-state index contributed by atoms with van der Waals surface area (Å²) in [7, 11) is 1.42. The van der Waals surface area contributed by atoms with Crippen LogP contribution in [-0.2, 0) is 0 Å². The van der Waals surface area contributed by atoms with Crippen LogP contribution in [0.2, 0.25) is 0 Å². The number of ketones is 1. The molecule has 6 nitrogen and oxygen atoms in total. The van der Waals surface area contributed by atoms with Crippen molar-refractivity contribution in [3.63, 3.8) is 0 Å². The molecule has 0 atom stereocenters. The molecule has 2 aromatic rings. The number of rotatable bonds is 4. The Morgan fingerprint density at radius 2 is 1.78 bits per heavy atom. The van der Waals surface area contributed by atoms with Crippen molar-refractivity contribution in [1.29, 1.82) is 0 Å². The van der Waals surface area contributed by atoms with Gasteiger partial charge in [0.15, 0.2) is 17.4 Å². The highest BCUT2D eigenvalue weighted by atomic mass is 16.5. The third kappa shape index (κ3) is 4.54. The average Bonchev–Trinajstić information content (AvgIpc) is 2.57. The van der Waals surface area contributed by atoms with E-state index >= 15 is 0 Å². The van der Waals surface area contributed by atoms with Crippen LogP contribution in [0.15, 0.2) is 36.4 Å². The molecule has 0 spiro atoms. The van der Waals surface area contributed by atoms with E-state index in [4.69, 9.17) is 10.5 Å². The summed E-state index contributed by atoms with van der Waals surface area (Å²) in [4.78, 5) is 27.9. The third-order valence-electron chi connectivity index (χ3n) is 2.84. The number of anilines is 2. The summed E-state index contributed by atoms with van der Waals surface area (Å²) in [5.74, 6) is -0.475. The molecule has 0 saturated heterocycles. The summed E-state index contributed by atoms with van der Waals surface area (Å²) in [5.41, 5.74) is 6.43. The molecular weight excluding hydrogens is 294 g/mol. The number of nitrogens with two attached hydrogens (primary N) is 1. The van der Waals surface area contributed by atoms with Crippen LogP contribution in [0.25, 0.3) is 0 Å². The Morgan fingerprint density at radius 1 is 1.17 bits per heavy atom. The minimum atomic E-state index is -0.447. The van der Waals surface area contributed by atoms with Gasteiger partial charge >= 0.3 is 0 Å². The molecule has 0 aliphatic rings. The topological polar surface area (TPSA) is 94.3 Å². The van der Waals surface area contributed by atoms with E-state index in [1.807, 2.05) is 19.9 Å². The molecule has 2 rings (SSSR count). The predicted molar refractivity (Wildman–Crippen MR) is 90.9 cm³/mol. The smallest absolute Gasteiger partial charge is 0.258 e. The second-order valence-corrected chi connectivity index (χ2v) is 4.35. The molecule has 122 valence electrons. The number of amides is 1. The first kappa shape index (κ1) is 18.2. The number of carbonyl (C=O) groups is 2. The second kappa shape index (κ2) is 8.53. The zero-order chi connectivity index (χ0) is 17.4. The van der Waals surface area contributed by atoms with Gasteiger partial charge in [0.2, 0.25) is 0 Å². The number of hydrogen-bond acceptors (Lipinski definition) is 5. The number of nitrogens with one attached hydrogen (secondary N) is 1. The quantitative estimate of drug-likeness (QED) is 0.845. The van der Waals surface area contributed by atoms with Crippen LogP contribution in [0.4, 0.5) is 11.5 Å². The zero-order valence-corrected chi connectivity index (χ0v) is 13.7. The SMILES string of the molecule is CC.COc1cc(C(=O)Nc2ccccc2)c(C(C)=O)nc1N. The van der Waals surface area contributed by atoms with E-state index in [-0.39, 0.29) is 28.6 Å². The number of ether oxygens (including phenoxy) is 1. The molecule has 6 heteroatoms. The number of nitrogens with zero attached hydrogens (tertiary/aromatic N) is 1. The van der Waals surface area contributed by atoms with Crippen molar-refractivity contribution in [2.75, 3.05) is 18.2 Å². The van der Waals surface area contributed by atoms with Gasteiger partial charge in [0.25, 0.3) is 5.91 Å². The molecule has 23 heavy (non-hydrogen) atoms. The van der Waals surface area contributed by atoms with Gasteiger partial charge in [-0.3, -0.25) is 9.59 Å². The van der Waals surface area contributed by atoms with Gasteiger partial charge < -0.3 is 15.8 Å². The molecule has 0 saturated carbocycles. The number of Topliss-reactive ketones (excluding diaryl/α,β-unsaturated/α-hetero) is 1. The van der Waals surface area contributed by atoms with Crippen LogP contribution in [0.3, 0.4) is 0 Å². The fraction of sp³-hybridized carbons (Fsp3) is 0.235. The molecule has 1 amide bonds. The molecule has 0 unspecified atom stereocenters. The first-order chi connectivity index (χ1) is 11.0. The number of benzene rings is 1. The van der Waals surface area contributed by atoms with Crippen LogP contribution in [0.5, 0.6) is 5.75 Å². The molecule has 0 radical (unpaired) electrons. The summed E-state index contributed by atoms with van der Waals surface area (Å²) in [6.07, 6.45) is 0. The molecule has 0 bridgehead atoms. The van der Waals surface area contributed by atoms with Crippen molar-refractivity contribution in [2.45, 2.75) is 20.8 Å². The highest BCUT2D eigenvalue weighted by molar-refractivity contribution is 6.11. The van der Waals surface area contributed by atoms with Gasteiger partial charge in [-0.25, -0.2) is 4.98 Å². The number of aromatic nitrogens is 1. The fourth-order valence-electron chi connectivity index (χ4n) is 1.83. The highest BCUT2D eigenvalue weighted by Crippen LogP contribution is 2.23. The largest absolute Gasteiger partial charge is 0.493 e. The molecule has 1 aromatic carbocycles. The number of hydrogen-bond donors (Lipinski definition) is 2. The maximum Gasteiger partial charge on any atom is 0.258 e. The Balaban J connectivity index is 0.00000127. The molecule has 0 aliphatic heterocycles. The molecule has 3 N–H and O–H groups in total. The number of carbonyl (C=O) groups excluding carboxylic acids is 2. The molecule has 0 aliphatic carbocycles. The maximum absolute atomic E-state index is 12.3. The Morgan fingerprint density at radius 3 is 2.30 bits per heavy atom. The Kier molecular flexibility index (Phi) is 6.73. The van der Waals surface area contributed by atoms with E-state index in [0.29, 0.717) is 5.69 Å². The van der Waals surface area contributed by atoms with Gasteiger partial charge in [-0.15, -0.1) is 0 Å². The lowest BCUT2D eigenvalue weighted by Crippen LogP contribution is -2.18. The van der Waals surface area contributed by atoms with Crippen molar-refractivity contribution in [3.8, 4) is 5.75 Å². The van der Waals surface area contributed by atoms with Crippen LogP contribution in [0, 0.1) is 0 Å². The monoisotopic (exact) mass is 315 g/mol. The lowest BCUT2D eigenvalue weighted by atomic mass is 10.1.